The Hall–Kier alpha value is -0.600. The number of aliphatic hydroxyl groups is 1. The minimum absolute atomic E-state index is 0.275. The first-order chi connectivity index (χ1) is 8.60. The molecule has 0 aromatic heterocycles. The number of hydrogen-bond acceptors (Lipinski definition) is 1. The number of benzene rings is 1. The van der Waals surface area contributed by atoms with Crippen LogP contribution in [0.25, 0.3) is 0 Å². The van der Waals surface area contributed by atoms with Gasteiger partial charge in [-0.25, -0.2) is 4.39 Å². The molecule has 3 atom stereocenters. The molecule has 1 nitrogen and oxygen atoms in total. The van der Waals surface area contributed by atoms with Crippen LogP contribution in [0.5, 0.6) is 0 Å². The van der Waals surface area contributed by atoms with Gasteiger partial charge in [-0.1, -0.05) is 31.4 Å². The monoisotopic (exact) mass is 270 g/mol. The minimum atomic E-state index is -0.450. The molecule has 0 aliphatic heterocycles. The molecule has 1 aliphatic carbocycles. The molecule has 1 saturated carbocycles. The Bertz CT molecular complexity index is 407. The molecule has 0 amide bonds. The Labute approximate surface area is 113 Å². The van der Waals surface area contributed by atoms with Crippen molar-refractivity contribution in [2.45, 2.75) is 45.1 Å². The Morgan fingerprint density at radius 3 is 2.89 bits per heavy atom. The van der Waals surface area contributed by atoms with E-state index in [1.165, 1.54) is 25.0 Å². The van der Waals surface area contributed by atoms with Gasteiger partial charge in [0.25, 0.3) is 0 Å². The highest BCUT2D eigenvalue weighted by molar-refractivity contribution is 6.30. The van der Waals surface area contributed by atoms with E-state index in [-0.39, 0.29) is 5.82 Å². The zero-order valence-electron chi connectivity index (χ0n) is 10.7. The van der Waals surface area contributed by atoms with Gasteiger partial charge in [-0.15, -0.1) is 0 Å². The van der Waals surface area contributed by atoms with Gasteiger partial charge < -0.3 is 5.11 Å². The zero-order valence-corrected chi connectivity index (χ0v) is 11.5. The standard InChI is InChI=1S/C15H20ClFO/c1-2-10-3-4-11(7-10)15(18)9-12-8-13(16)5-6-14(12)17/h5-6,8,10-11,15,18H,2-4,7,9H2,1H3. The van der Waals surface area contributed by atoms with E-state index in [9.17, 15) is 9.50 Å². The summed E-state index contributed by atoms with van der Waals surface area (Å²) in [6.07, 6.45) is 4.41. The van der Waals surface area contributed by atoms with Crippen molar-refractivity contribution in [2.75, 3.05) is 0 Å². The number of hydrogen-bond donors (Lipinski definition) is 1. The van der Waals surface area contributed by atoms with Crippen LogP contribution in [0.4, 0.5) is 4.39 Å². The van der Waals surface area contributed by atoms with Crippen molar-refractivity contribution in [3.8, 4) is 0 Å². The maximum Gasteiger partial charge on any atom is 0.126 e. The molecule has 18 heavy (non-hydrogen) atoms. The van der Waals surface area contributed by atoms with Crippen molar-refractivity contribution in [3.05, 3.63) is 34.6 Å². The highest BCUT2D eigenvalue weighted by Crippen LogP contribution is 2.36. The second kappa shape index (κ2) is 6.03. The van der Waals surface area contributed by atoms with Gasteiger partial charge in [0.05, 0.1) is 6.10 Å². The quantitative estimate of drug-likeness (QED) is 0.869. The van der Waals surface area contributed by atoms with E-state index in [1.807, 2.05) is 0 Å². The molecule has 1 aromatic rings. The van der Waals surface area contributed by atoms with Crippen LogP contribution in [-0.2, 0) is 6.42 Å². The highest BCUT2D eigenvalue weighted by Gasteiger charge is 2.29. The lowest BCUT2D eigenvalue weighted by Gasteiger charge is -2.18. The van der Waals surface area contributed by atoms with Gasteiger partial charge in [0.1, 0.15) is 5.82 Å². The maximum absolute atomic E-state index is 13.6. The van der Waals surface area contributed by atoms with Crippen molar-refractivity contribution in [3.63, 3.8) is 0 Å². The van der Waals surface area contributed by atoms with Gasteiger partial charge in [0.15, 0.2) is 0 Å². The predicted molar refractivity (Wildman–Crippen MR) is 72.2 cm³/mol. The average Bonchev–Trinajstić information content (AvgIpc) is 2.82. The SMILES string of the molecule is CCC1CCC(C(O)Cc2cc(Cl)ccc2F)C1. The first kappa shape index (κ1) is 13.8. The molecule has 3 heteroatoms. The van der Waals surface area contributed by atoms with Crippen molar-refractivity contribution >= 4 is 11.6 Å². The largest absolute Gasteiger partial charge is 0.392 e. The summed E-state index contributed by atoms with van der Waals surface area (Å²) in [4.78, 5) is 0. The Balaban J connectivity index is 1.98. The molecule has 1 fully saturated rings. The molecular weight excluding hydrogens is 251 g/mol. The van der Waals surface area contributed by atoms with Gasteiger partial charge in [-0.05, 0) is 48.4 Å². The molecule has 3 unspecified atom stereocenters. The summed E-state index contributed by atoms with van der Waals surface area (Å²) in [6.45, 7) is 2.19. The number of halogens is 2. The molecule has 0 spiro atoms. The zero-order chi connectivity index (χ0) is 13.1. The molecule has 0 bridgehead atoms. The lowest BCUT2D eigenvalue weighted by molar-refractivity contribution is 0.107. The normalized spacial score (nSPS) is 25.3. The maximum atomic E-state index is 13.6. The van der Waals surface area contributed by atoms with Crippen LogP contribution in [0.15, 0.2) is 18.2 Å². The number of aliphatic hydroxyl groups excluding tert-OH is 1. The molecule has 1 aromatic carbocycles. The Kier molecular flexibility index (Phi) is 4.63. The topological polar surface area (TPSA) is 20.2 Å². The van der Waals surface area contributed by atoms with Crippen LogP contribution in [0.1, 0.15) is 38.2 Å². The molecule has 0 heterocycles. The van der Waals surface area contributed by atoms with E-state index in [0.717, 1.165) is 18.8 Å². The Morgan fingerprint density at radius 1 is 1.44 bits per heavy atom. The minimum Gasteiger partial charge on any atom is -0.392 e. The summed E-state index contributed by atoms with van der Waals surface area (Å²) in [5, 5.41) is 10.7. The molecule has 1 N–H and O–H groups in total. The van der Waals surface area contributed by atoms with E-state index in [2.05, 4.69) is 6.92 Å². The third kappa shape index (κ3) is 3.24. The summed E-state index contributed by atoms with van der Waals surface area (Å²) < 4.78 is 13.6. The predicted octanol–water partition coefficient (Wildman–Crippen LogP) is 4.21. The van der Waals surface area contributed by atoms with E-state index >= 15 is 0 Å². The summed E-state index contributed by atoms with van der Waals surface area (Å²) in [5.74, 6) is 0.769. The van der Waals surface area contributed by atoms with E-state index in [0.29, 0.717) is 22.9 Å². The molecule has 2 rings (SSSR count). The lowest BCUT2D eigenvalue weighted by Crippen LogP contribution is -2.21. The molecular formula is C15H20ClFO. The van der Waals surface area contributed by atoms with Crippen molar-refractivity contribution in [1.82, 2.24) is 0 Å². The summed E-state index contributed by atoms with van der Waals surface area (Å²) in [6, 6.07) is 4.52. The second-order valence-electron chi connectivity index (χ2n) is 5.35. The van der Waals surface area contributed by atoms with E-state index in [1.54, 1.807) is 6.07 Å². The molecule has 1 aliphatic rings. The van der Waals surface area contributed by atoms with Crippen molar-refractivity contribution in [2.24, 2.45) is 11.8 Å². The van der Waals surface area contributed by atoms with Crippen LogP contribution in [0.3, 0.4) is 0 Å². The summed E-state index contributed by atoms with van der Waals surface area (Å²) in [7, 11) is 0. The van der Waals surface area contributed by atoms with Crippen LogP contribution in [0, 0.1) is 17.7 Å². The molecule has 0 radical (unpaired) electrons. The molecule has 0 saturated heterocycles. The van der Waals surface area contributed by atoms with Crippen molar-refractivity contribution < 1.29 is 9.50 Å². The smallest absolute Gasteiger partial charge is 0.126 e. The first-order valence-corrected chi connectivity index (χ1v) is 7.10. The van der Waals surface area contributed by atoms with Crippen LogP contribution in [-0.4, -0.2) is 11.2 Å². The fraction of sp³-hybridized carbons (Fsp3) is 0.600. The average molecular weight is 271 g/mol. The summed E-state index contributed by atoms with van der Waals surface area (Å²) in [5.41, 5.74) is 0.523. The fourth-order valence-electron chi connectivity index (χ4n) is 2.93. The van der Waals surface area contributed by atoms with Gasteiger partial charge in [-0.3, -0.25) is 0 Å². The molecule has 100 valence electrons. The summed E-state index contributed by atoms with van der Waals surface area (Å²) >= 11 is 5.86. The fourth-order valence-corrected chi connectivity index (χ4v) is 3.12. The third-order valence-electron chi connectivity index (χ3n) is 4.14. The highest BCUT2D eigenvalue weighted by atomic mass is 35.5. The third-order valence-corrected chi connectivity index (χ3v) is 4.38. The Morgan fingerprint density at radius 2 is 2.22 bits per heavy atom. The van der Waals surface area contributed by atoms with Gasteiger partial charge in [-0.2, -0.15) is 0 Å². The van der Waals surface area contributed by atoms with Crippen molar-refractivity contribution in [1.29, 1.82) is 0 Å². The number of rotatable bonds is 4. The van der Waals surface area contributed by atoms with E-state index in [4.69, 9.17) is 11.6 Å². The van der Waals surface area contributed by atoms with Gasteiger partial charge in [0, 0.05) is 11.4 Å². The van der Waals surface area contributed by atoms with Gasteiger partial charge >= 0.3 is 0 Å². The second-order valence-corrected chi connectivity index (χ2v) is 5.79. The van der Waals surface area contributed by atoms with Crippen LogP contribution < -0.4 is 0 Å². The first-order valence-electron chi connectivity index (χ1n) is 6.72. The van der Waals surface area contributed by atoms with Crippen LogP contribution >= 0.6 is 11.6 Å². The van der Waals surface area contributed by atoms with E-state index < -0.39 is 6.10 Å². The van der Waals surface area contributed by atoms with Crippen LogP contribution in [0.2, 0.25) is 5.02 Å². The lowest BCUT2D eigenvalue weighted by atomic mass is 9.93. The van der Waals surface area contributed by atoms with Gasteiger partial charge in [0.2, 0.25) is 0 Å².